The molecule has 1 fully saturated rings. The lowest BCUT2D eigenvalue weighted by Crippen LogP contribution is -2.35. The van der Waals surface area contributed by atoms with Crippen LogP contribution in [-0.4, -0.2) is 31.1 Å². The summed E-state index contributed by atoms with van der Waals surface area (Å²) in [5, 5.41) is 3.83. The van der Waals surface area contributed by atoms with Gasteiger partial charge in [0.2, 0.25) is 0 Å². The van der Waals surface area contributed by atoms with Gasteiger partial charge in [0.1, 0.15) is 6.61 Å². The fourth-order valence-electron chi connectivity index (χ4n) is 4.30. The van der Waals surface area contributed by atoms with Crippen molar-refractivity contribution in [3.05, 3.63) is 57.4 Å². The van der Waals surface area contributed by atoms with Crippen LogP contribution in [0.25, 0.3) is 0 Å². The van der Waals surface area contributed by atoms with Gasteiger partial charge in [-0.2, -0.15) is 0 Å². The van der Waals surface area contributed by atoms with Crippen molar-refractivity contribution in [3.8, 4) is 0 Å². The van der Waals surface area contributed by atoms with Crippen LogP contribution in [0.5, 0.6) is 0 Å². The normalized spacial score (nSPS) is 24.9. The average molecular weight is 402 g/mol. The van der Waals surface area contributed by atoms with Crippen LogP contribution in [0.1, 0.15) is 50.5 Å². The van der Waals surface area contributed by atoms with Crippen LogP contribution in [0.3, 0.4) is 0 Å². The van der Waals surface area contributed by atoms with Crippen molar-refractivity contribution in [2.45, 2.75) is 51.0 Å². The molecule has 1 saturated heterocycles. The Labute approximate surface area is 169 Å². The minimum absolute atomic E-state index is 0.0498. The maximum absolute atomic E-state index is 13.1. The molecular formula is C22H24ClNO4. The summed E-state index contributed by atoms with van der Waals surface area (Å²) in [4.78, 5) is 25.9. The van der Waals surface area contributed by atoms with Crippen LogP contribution >= 0.6 is 11.6 Å². The van der Waals surface area contributed by atoms with E-state index in [0.29, 0.717) is 29.2 Å². The fraction of sp³-hybridized carbons (Fsp3) is 0.455. The van der Waals surface area contributed by atoms with Crippen LogP contribution in [0, 0.1) is 0 Å². The molecule has 2 heterocycles. The number of carbonyl (C=O) groups excluding carboxylic acids is 2. The molecule has 148 valence electrons. The molecule has 2 aliphatic heterocycles. The number of carbonyl (C=O) groups is 2. The van der Waals surface area contributed by atoms with Crippen molar-refractivity contribution in [3.63, 3.8) is 0 Å². The summed E-state index contributed by atoms with van der Waals surface area (Å²) in [6.45, 7) is 2.79. The number of esters is 1. The second-order valence-corrected chi connectivity index (χ2v) is 7.93. The van der Waals surface area contributed by atoms with Gasteiger partial charge in [0.25, 0.3) is 0 Å². The van der Waals surface area contributed by atoms with Crippen molar-refractivity contribution in [2.75, 3.05) is 13.2 Å². The predicted octanol–water partition coefficient (Wildman–Crippen LogP) is 4.03. The van der Waals surface area contributed by atoms with Gasteiger partial charge in [0.15, 0.2) is 5.78 Å². The van der Waals surface area contributed by atoms with E-state index in [4.69, 9.17) is 21.1 Å². The highest BCUT2D eigenvalue weighted by Gasteiger charge is 2.40. The Hall–Kier alpha value is -2.11. The van der Waals surface area contributed by atoms with Crippen molar-refractivity contribution >= 4 is 23.4 Å². The lowest BCUT2D eigenvalue weighted by Gasteiger charge is -2.34. The summed E-state index contributed by atoms with van der Waals surface area (Å²) in [5.41, 5.74) is 3.48. The number of hydrogen-bond acceptors (Lipinski definition) is 5. The molecule has 5 nitrogen and oxygen atoms in total. The topological polar surface area (TPSA) is 64.6 Å². The molecule has 3 aliphatic rings. The van der Waals surface area contributed by atoms with Gasteiger partial charge in [-0.25, -0.2) is 4.79 Å². The maximum atomic E-state index is 13.1. The molecule has 2 atom stereocenters. The van der Waals surface area contributed by atoms with Crippen LogP contribution < -0.4 is 5.32 Å². The van der Waals surface area contributed by atoms with E-state index in [1.165, 1.54) is 0 Å². The molecule has 1 aromatic carbocycles. The molecule has 0 saturated carbocycles. The molecule has 1 aliphatic carbocycles. The van der Waals surface area contributed by atoms with E-state index in [1.54, 1.807) is 6.07 Å². The predicted molar refractivity (Wildman–Crippen MR) is 106 cm³/mol. The van der Waals surface area contributed by atoms with Gasteiger partial charge in [-0.1, -0.05) is 29.8 Å². The first-order valence-corrected chi connectivity index (χ1v) is 10.2. The van der Waals surface area contributed by atoms with Crippen LogP contribution in [-0.2, 0) is 19.1 Å². The number of Topliss-reactive ketones (excluding diaryl/α,β-unsaturated/α-hetero) is 1. The summed E-state index contributed by atoms with van der Waals surface area (Å²) in [7, 11) is 0. The first kappa shape index (κ1) is 19.2. The third-order valence-electron chi connectivity index (χ3n) is 5.64. The number of ketones is 1. The molecule has 4 rings (SSSR count). The Balaban J connectivity index is 1.71. The molecule has 0 amide bonds. The number of rotatable bonds is 4. The zero-order valence-corrected chi connectivity index (χ0v) is 16.7. The number of allylic oxidation sites excluding steroid dienone is 3. The van der Waals surface area contributed by atoms with Crippen LogP contribution in [0.4, 0.5) is 0 Å². The van der Waals surface area contributed by atoms with Gasteiger partial charge < -0.3 is 14.8 Å². The molecular weight excluding hydrogens is 378 g/mol. The first-order chi connectivity index (χ1) is 13.6. The van der Waals surface area contributed by atoms with E-state index < -0.39 is 11.9 Å². The second-order valence-electron chi connectivity index (χ2n) is 7.52. The Morgan fingerprint density at radius 2 is 2.11 bits per heavy atom. The maximum Gasteiger partial charge on any atom is 0.336 e. The number of ether oxygens (including phenoxy) is 2. The SMILES string of the molecule is CC1=C(C(=O)OC[C@@H]2CCCO2)[C@H](c2ccccc2Cl)C2=C(CCCC2=O)N1. The van der Waals surface area contributed by atoms with Crippen LogP contribution in [0.15, 0.2) is 46.8 Å². The van der Waals surface area contributed by atoms with E-state index in [1.807, 2.05) is 25.1 Å². The number of benzene rings is 1. The Morgan fingerprint density at radius 1 is 1.29 bits per heavy atom. The minimum atomic E-state index is -0.505. The summed E-state index contributed by atoms with van der Waals surface area (Å²) in [5.74, 6) is -0.860. The number of hydrogen-bond donors (Lipinski definition) is 1. The number of halogens is 1. The smallest absolute Gasteiger partial charge is 0.336 e. The largest absolute Gasteiger partial charge is 0.459 e. The van der Waals surface area contributed by atoms with E-state index in [0.717, 1.165) is 42.6 Å². The molecule has 0 bridgehead atoms. The van der Waals surface area contributed by atoms with E-state index >= 15 is 0 Å². The van der Waals surface area contributed by atoms with Crippen molar-refractivity contribution in [2.24, 2.45) is 0 Å². The summed E-state index contributed by atoms with van der Waals surface area (Å²) >= 11 is 6.49. The molecule has 1 N–H and O–H groups in total. The third-order valence-corrected chi connectivity index (χ3v) is 5.98. The number of dihydropyridines is 1. The second kappa shape index (κ2) is 8.10. The molecule has 6 heteroatoms. The van der Waals surface area contributed by atoms with Gasteiger partial charge in [-0.15, -0.1) is 0 Å². The Morgan fingerprint density at radius 3 is 2.86 bits per heavy atom. The fourth-order valence-corrected chi connectivity index (χ4v) is 4.54. The highest BCUT2D eigenvalue weighted by atomic mass is 35.5. The Kier molecular flexibility index (Phi) is 5.56. The number of nitrogens with one attached hydrogen (secondary N) is 1. The summed E-state index contributed by atoms with van der Waals surface area (Å²) < 4.78 is 11.2. The average Bonchev–Trinajstić information content (AvgIpc) is 3.19. The quantitative estimate of drug-likeness (QED) is 0.771. The van der Waals surface area contributed by atoms with Crippen molar-refractivity contribution < 1.29 is 19.1 Å². The molecule has 0 spiro atoms. The Bertz CT molecular complexity index is 867. The molecule has 0 unspecified atom stereocenters. The van der Waals surface area contributed by atoms with Gasteiger partial charge >= 0.3 is 5.97 Å². The monoisotopic (exact) mass is 401 g/mol. The lowest BCUT2D eigenvalue weighted by molar-refractivity contribution is -0.142. The summed E-state index contributed by atoms with van der Waals surface area (Å²) in [6, 6.07) is 7.39. The van der Waals surface area contributed by atoms with Gasteiger partial charge in [-0.05, 0) is 44.2 Å². The minimum Gasteiger partial charge on any atom is -0.459 e. The highest BCUT2D eigenvalue weighted by molar-refractivity contribution is 6.31. The van der Waals surface area contributed by atoms with Crippen molar-refractivity contribution in [1.29, 1.82) is 0 Å². The molecule has 0 radical (unpaired) electrons. The highest BCUT2D eigenvalue weighted by Crippen LogP contribution is 2.44. The zero-order chi connectivity index (χ0) is 19.7. The molecule has 0 aromatic heterocycles. The van der Waals surface area contributed by atoms with Gasteiger partial charge in [-0.3, -0.25) is 4.79 Å². The van der Waals surface area contributed by atoms with Crippen LogP contribution in [0.2, 0.25) is 5.02 Å². The lowest BCUT2D eigenvalue weighted by atomic mass is 9.75. The molecule has 28 heavy (non-hydrogen) atoms. The van der Waals surface area contributed by atoms with E-state index in [2.05, 4.69) is 5.32 Å². The van der Waals surface area contributed by atoms with Gasteiger partial charge in [0.05, 0.1) is 11.7 Å². The van der Waals surface area contributed by atoms with Crippen molar-refractivity contribution in [1.82, 2.24) is 5.32 Å². The third kappa shape index (κ3) is 3.61. The summed E-state index contributed by atoms with van der Waals surface area (Å²) in [6.07, 6.45) is 3.91. The van der Waals surface area contributed by atoms with Gasteiger partial charge in [0, 0.05) is 40.9 Å². The van der Waals surface area contributed by atoms with E-state index in [-0.39, 0.29) is 18.5 Å². The van der Waals surface area contributed by atoms with E-state index in [9.17, 15) is 9.59 Å². The standard InChI is InChI=1S/C22H24ClNO4/c1-13-19(22(26)28-12-14-6-5-11-27-14)20(15-7-2-3-8-16(15)23)21-17(24-13)9-4-10-18(21)25/h2-3,7-8,14,20,24H,4-6,9-12H2,1H3/t14-,20-/m0/s1. The molecule has 1 aromatic rings. The zero-order valence-electron chi connectivity index (χ0n) is 15.9. The first-order valence-electron chi connectivity index (χ1n) is 9.83.